The zero-order valence-corrected chi connectivity index (χ0v) is 10.1. The summed E-state index contributed by atoms with van der Waals surface area (Å²) in [4.78, 5) is 17.2. The summed E-state index contributed by atoms with van der Waals surface area (Å²) in [5.41, 5.74) is 0. The third-order valence-electron chi connectivity index (χ3n) is 2.52. The molecule has 1 aromatic rings. The SMILES string of the molecule is O=C(O)[C@@H]1CNCCN1c1cccc(Br)n1. The highest BCUT2D eigenvalue weighted by molar-refractivity contribution is 9.10. The number of carboxylic acids is 1. The Labute approximate surface area is 102 Å². The van der Waals surface area contributed by atoms with Gasteiger partial charge in [-0.15, -0.1) is 0 Å². The minimum absolute atomic E-state index is 0.448. The molecule has 0 spiro atoms. The Balaban J connectivity index is 2.26. The topological polar surface area (TPSA) is 65.5 Å². The van der Waals surface area contributed by atoms with Crippen LogP contribution in [0.5, 0.6) is 0 Å². The van der Waals surface area contributed by atoms with Crippen LogP contribution in [0.3, 0.4) is 0 Å². The number of anilines is 1. The molecule has 0 bridgehead atoms. The van der Waals surface area contributed by atoms with E-state index >= 15 is 0 Å². The number of piperazine rings is 1. The maximum Gasteiger partial charge on any atom is 0.327 e. The summed E-state index contributed by atoms with van der Waals surface area (Å²) in [5.74, 6) is -0.128. The second-order valence-corrected chi connectivity index (χ2v) is 4.38. The third kappa shape index (κ3) is 2.33. The molecule has 0 unspecified atom stereocenters. The predicted octanol–water partition coefficient (Wildman–Crippen LogP) is 0.707. The van der Waals surface area contributed by atoms with E-state index in [1.165, 1.54) is 0 Å². The molecule has 6 heteroatoms. The van der Waals surface area contributed by atoms with E-state index in [1.807, 2.05) is 23.1 Å². The number of rotatable bonds is 2. The van der Waals surface area contributed by atoms with Crippen LogP contribution in [-0.4, -0.2) is 41.7 Å². The average Bonchev–Trinajstić information content (AvgIpc) is 2.29. The lowest BCUT2D eigenvalue weighted by molar-refractivity contribution is -0.138. The van der Waals surface area contributed by atoms with Gasteiger partial charge in [0.15, 0.2) is 0 Å². The Morgan fingerprint density at radius 3 is 3.12 bits per heavy atom. The van der Waals surface area contributed by atoms with Gasteiger partial charge in [0.05, 0.1) is 0 Å². The number of hydrogen-bond acceptors (Lipinski definition) is 4. The standard InChI is InChI=1S/C10H12BrN3O2/c11-8-2-1-3-9(13-8)14-5-4-12-6-7(14)10(15)16/h1-3,7,12H,4-6H2,(H,15,16)/t7-/m0/s1. The molecule has 0 amide bonds. The summed E-state index contributed by atoms with van der Waals surface area (Å²) in [6.45, 7) is 1.88. The zero-order valence-electron chi connectivity index (χ0n) is 8.56. The second-order valence-electron chi connectivity index (χ2n) is 3.57. The fourth-order valence-electron chi connectivity index (χ4n) is 1.76. The molecule has 1 aliphatic rings. The molecule has 16 heavy (non-hydrogen) atoms. The van der Waals surface area contributed by atoms with E-state index in [-0.39, 0.29) is 0 Å². The van der Waals surface area contributed by atoms with E-state index < -0.39 is 12.0 Å². The van der Waals surface area contributed by atoms with Crippen LogP contribution in [-0.2, 0) is 4.79 Å². The molecule has 1 atom stereocenters. The Morgan fingerprint density at radius 1 is 1.62 bits per heavy atom. The van der Waals surface area contributed by atoms with Crippen LogP contribution in [0.25, 0.3) is 0 Å². The van der Waals surface area contributed by atoms with Crippen molar-refractivity contribution in [1.82, 2.24) is 10.3 Å². The lowest BCUT2D eigenvalue weighted by Crippen LogP contribution is -2.55. The van der Waals surface area contributed by atoms with Gasteiger partial charge in [-0.1, -0.05) is 6.07 Å². The summed E-state index contributed by atoms with van der Waals surface area (Å²) < 4.78 is 0.715. The molecule has 2 heterocycles. The number of aromatic nitrogens is 1. The number of aliphatic carboxylic acids is 1. The van der Waals surface area contributed by atoms with Crippen molar-refractivity contribution in [3.63, 3.8) is 0 Å². The zero-order chi connectivity index (χ0) is 11.5. The Bertz CT molecular complexity index is 399. The number of hydrogen-bond donors (Lipinski definition) is 2. The first-order chi connectivity index (χ1) is 7.68. The Morgan fingerprint density at radius 2 is 2.44 bits per heavy atom. The number of carbonyl (C=O) groups is 1. The molecule has 1 aliphatic heterocycles. The molecule has 0 saturated carbocycles. The average molecular weight is 286 g/mol. The number of nitrogens with zero attached hydrogens (tertiary/aromatic N) is 2. The van der Waals surface area contributed by atoms with Crippen LogP contribution >= 0.6 is 15.9 Å². The molecular weight excluding hydrogens is 274 g/mol. The number of nitrogens with one attached hydrogen (secondary N) is 1. The molecule has 1 fully saturated rings. The minimum atomic E-state index is -0.825. The quantitative estimate of drug-likeness (QED) is 0.784. The van der Waals surface area contributed by atoms with E-state index in [9.17, 15) is 4.79 Å². The summed E-state index contributed by atoms with van der Waals surface area (Å²) in [5, 5.41) is 12.2. The summed E-state index contributed by atoms with van der Waals surface area (Å²) in [6, 6.07) is 4.96. The number of carboxylic acid groups (broad SMARTS) is 1. The summed E-state index contributed by atoms with van der Waals surface area (Å²) >= 11 is 3.28. The van der Waals surface area contributed by atoms with Crippen molar-refractivity contribution in [3.05, 3.63) is 22.8 Å². The molecule has 0 aromatic carbocycles. The van der Waals surface area contributed by atoms with Gasteiger partial charge in [0, 0.05) is 19.6 Å². The molecule has 5 nitrogen and oxygen atoms in total. The highest BCUT2D eigenvalue weighted by Crippen LogP contribution is 2.18. The fraction of sp³-hybridized carbons (Fsp3) is 0.400. The van der Waals surface area contributed by atoms with Crippen LogP contribution in [0.2, 0.25) is 0 Å². The van der Waals surface area contributed by atoms with Gasteiger partial charge in [0.2, 0.25) is 0 Å². The lowest BCUT2D eigenvalue weighted by Gasteiger charge is -2.34. The molecule has 1 aromatic heterocycles. The van der Waals surface area contributed by atoms with Gasteiger partial charge in [-0.2, -0.15) is 0 Å². The van der Waals surface area contributed by atoms with E-state index in [0.717, 1.165) is 6.54 Å². The molecule has 0 radical (unpaired) electrons. The van der Waals surface area contributed by atoms with Crippen molar-refractivity contribution in [3.8, 4) is 0 Å². The van der Waals surface area contributed by atoms with Crippen LogP contribution in [0.15, 0.2) is 22.8 Å². The molecule has 2 N–H and O–H groups in total. The monoisotopic (exact) mass is 285 g/mol. The van der Waals surface area contributed by atoms with E-state index in [4.69, 9.17) is 5.11 Å². The van der Waals surface area contributed by atoms with Crippen molar-refractivity contribution in [2.75, 3.05) is 24.5 Å². The van der Waals surface area contributed by atoms with Crippen molar-refractivity contribution in [2.45, 2.75) is 6.04 Å². The van der Waals surface area contributed by atoms with Gasteiger partial charge < -0.3 is 15.3 Å². The largest absolute Gasteiger partial charge is 0.480 e. The first kappa shape index (κ1) is 11.3. The molecule has 2 rings (SSSR count). The molecule has 0 aliphatic carbocycles. The maximum atomic E-state index is 11.1. The highest BCUT2D eigenvalue weighted by atomic mass is 79.9. The molecular formula is C10H12BrN3O2. The van der Waals surface area contributed by atoms with Crippen LogP contribution < -0.4 is 10.2 Å². The molecule has 86 valence electrons. The van der Waals surface area contributed by atoms with Crippen LogP contribution in [0, 0.1) is 0 Å². The van der Waals surface area contributed by atoms with Gasteiger partial charge in [-0.05, 0) is 28.1 Å². The first-order valence-electron chi connectivity index (χ1n) is 5.01. The predicted molar refractivity (Wildman–Crippen MR) is 63.6 cm³/mol. The number of halogens is 1. The van der Waals surface area contributed by atoms with Crippen molar-refractivity contribution in [2.24, 2.45) is 0 Å². The Hall–Kier alpha value is -1.14. The normalized spacial score (nSPS) is 20.8. The number of pyridine rings is 1. The van der Waals surface area contributed by atoms with Crippen molar-refractivity contribution in [1.29, 1.82) is 0 Å². The second kappa shape index (κ2) is 4.80. The summed E-state index contributed by atoms with van der Waals surface area (Å²) in [6.07, 6.45) is 0. The van der Waals surface area contributed by atoms with Gasteiger partial charge >= 0.3 is 5.97 Å². The Kier molecular flexibility index (Phi) is 3.40. The third-order valence-corrected chi connectivity index (χ3v) is 2.96. The van der Waals surface area contributed by atoms with Gasteiger partial charge in [-0.3, -0.25) is 0 Å². The summed E-state index contributed by atoms with van der Waals surface area (Å²) in [7, 11) is 0. The fourth-order valence-corrected chi connectivity index (χ4v) is 2.09. The van der Waals surface area contributed by atoms with Gasteiger partial charge in [0.25, 0.3) is 0 Å². The lowest BCUT2D eigenvalue weighted by atomic mass is 10.2. The highest BCUT2D eigenvalue weighted by Gasteiger charge is 2.29. The maximum absolute atomic E-state index is 11.1. The van der Waals surface area contributed by atoms with Crippen LogP contribution in [0.1, 0.15) is 0 Å². The van der Waals surface area contributed by atoms with Gasteiger partial charge in [-0.25, -0.2) is 9.78 Å². The van der Waals surface area contributed by atoms with Crippen LogP contribution in [0.4, 0.5) is 5.82 Å². The van der Waals surface area contributed by atoms with E-state index in [0.29, 0.717) is 23.5 Å². The van der Waals surface area contributed by atoms with Crippen molar-refractivity contribution >= 4 is 27.7 Å². The van der Waals surface area contributed by atoms with E-state index in [2.05, 4.69) is 26.2 Å². The smallest absolute Gasteiger partial charge is 0.327 e. The van der Waals surface area contributed by atoms with Gasteiger partial charge in [0.1, 0.15) is 16.5 Å². The molecule has 1 saturated heterocycles. The first-order valence-corrected chi connectivity index (χ1v) is 5.80. The van der Waals surface area contributed by atoms with Crippen molar-refractivity contribution < 1.29 is 9.90 Å². The minimum Gasteiger partial charge on any atom is -0.480 e. The van der Waals surface area contributed by atoms with E-state index in [1.54, 1.807) is 0 Å².